The van der Waals surface area contributed by atoms with Crippen LogP contribution in [0.5, 0.6) is 0 Å². The molecule has 2 aliphatic heterocycles. The maximum atomic E-state index is 13.3. The molecule has 4 aliphatic rings. The molecule has 0 aromatic heterocycles. The summed E-state index contributed by atoms with van der Waals surface area (Å²) in [6.07, 6.45) is 4.76. The first-order valence-corrected chi connectivity index (χ1v) is 13.5. The zero-order valence-electron chi connectivity index (χ0n) is 20.0. The molecule has 11 heteroatoms. The number of sulfonamides is 1. The van der Waals surface area contributed by atoms with E-state index in [9.17, 15) is 27.9 Å². The van der Waals surface area contributed by atoms with Crippen LogP contribution in [0.15, 0.2) is 12.2 Å². The lowest BCUT2D eigenvalue weighted by molar-refractivity contribution is -0.140. The number of rotatable bonds is 3. The van der Waals surface area contributed by atoms with E-state index < -0.39 is 50.2 Å². The molecule has 6 unspecified atom stereocenters. The van der Waals surface area contributed by atoms with Crippen molar-refractivity contribution in [2.75, 3.05) is 13.2 Å². The van der Waals surface area contributed by atoms with Gasteiger partial charge in [-0.2, -0.15) is 0 Å². The summed E-state index contributed by atoms with van der Waals surface area (Å²) in [6, 6.07) is -0.916. The van der Waals surface area contributed by atoms with Gasteiger partial charge in [0.15, 0.2) is 0 Å². The fourth-order valence-corrected chi connectivity index (χ4v) is 6.29. The summed E-state index contributed by atoms with van der Waals surface area (Å²) in [4.78, 5) is 40.8. The van der Waals surface area contributed by atoms with E-state index in [0.29, 0.717) is 25.9 Å². The molecule has 1 saturated heterocycles. The summed E-state index contributed by atoms with van der Waals surface area (Å²) >= 11 is 0. The van der Waals surface area contributed by atoms with Crippen LogP contribution in [0.3, 0.4) is 0 Å². The Balaban J connectivity index is 1.59. The molecule has 0 spiro atoms. The maximum absolute atomic E-state index is 13.3. The zero-order chi connectivity index (χ0) is 24.9. The van der Waals surface area contributed by atoms with E-state index in [0.717, 1.165) is 0 Å². The fraction of sp³-hybridized carbons (Fsp3) is 0.783. The van der Waals surface area contributed by atoms with Crippen molar-refractivity contribution in [1.29, 1.82) is 0 Å². The number of amides is 3. The Labute approximate surface area is 200 Å². The molecule has 3 fully saturated rings. The van der Waals surface area contributed by atoms with Crippen LogP contribution in [-0.2, 0) is 29.1 Å². The van der Waals surface area contributed by atoms with Gasteiger partial charge < -0.3 is 20.1 Å². The van der Waals surface area contributed by atoms with Crippen molar-refractivity contribution < 1.29 is 32.6 Å². The number of fused-ring (bicyclic) bond motifs is 2. The van der Waals surface area contributed by atoms with Crippen LogP contribution >= 0.6 is 0 Å². The summed E-state index contributed by atoms with van der Waals surface area (Å²) in [7, 11) is -3.88. The summed E-state index contributed by atoms with van der Waals surface area (Å²) in [5.74, 6) is -1.94. The van der Waals surface area contributed by atoms with Gasteiger partial charge in [0.1, 0.15) is 11.6 Å². The molecule has 2 heterocycles. The molecule has 34 heavy (non-hydrogen) atoms. The number of hydrogen-bond donors (Lipinski definition) is 3. The SMILES string of the molecule is CC1CC(=O)N2CC(O)CC2C(=O)NC2(C(=O)NS(=O)(=O)C3(C)CC3)CC2C=CCOC(C)C1. The highest BCUT2D eigenvalue weighted by atomic mass is 32.2. The summed E-state index contributed by atoms with van der Waals surface area (Å²) in [6.45, 7) is 5.82. The predicted molar refractivity (Wildman–Crippen MR) is 123 cm³/mol. The van der Waals surface area contributed by atoms with Gasteiger partial charge in [-0.3, -0.25) is 19.1 Å². The van der Waals surface area contributed by atoms with E-state index in [2.05, 4.69) is 10.0 Å². The van der Waals surface area contributed by atoms with Crippen LogP contribution in [0.1, 0.15) is 59.3 Å². The van der Waals surface area contributed by atoms with E-state index in [1.165, 1.54) is 4.90 Å². The van der Waals surface area contributed by atoms with Gasteiger partial charge in [0.05, 0.1) is 23.6 Å². The summed E-state index contributed by atoms with van der Waals surface area (Å²) < 4.78 is 32.4. The molecule has 3 N–H and O–H groups in total. The third kappa shape index (κ3) is 4.87. The van der Waals surface area contributed by atoms with E-state index in [-0.39, 0.29) is 43.7 Å². The Morgan fingerprint density at radius 2 is 1.97 bits per heavy atom. The van der Waals surface area contributed by atoms with Gasteiger partial charge in [-0.15, -0.1) is 0 Å². The minimum atomic E-state index is -3.88. The average Bonchev–Trinajstić information content (AvgIpc) is 3.61. The number of aliphatic hydroxyl groups is 1. The zero-order valence-corrected chi connectivity index (χ0v) is 20.8. The molecular formula is C23H35N3O7S. The lowest BCUT2D eigenvalue weighted by Crippen LogP contribution is -2.57. The highest BCUT2D eigenvalue weighted by molar-refractivity contribution is 7.91. The monoisotopic (exact) mass is 497 g/mol. The number of aliphatic hydroxyl groups excluding tert-OH is 1. The standard InChI is InChI=1S/C23H35N3O7S/c1-14-9-15(2)33-8-4-5-16-12-23(16,21(30)25-34(31,32)22(3)6-7-22)24-20(29)18-11-17(27)13-26(18)19(28)10-14/h4-5,14-18,27H,6-13H2,1-3H3,(H,24,29)(H,25,30). The molecule has 0 aromatic rings. The first-order chi connectivity index (χ1) is 15.9. The van der Waals surface area contributed by atoms with E-state index in [4.69, 9.17) is 4.74 Å². The van der Waals surface area contributed by atoms with Crippen LogP contribution in [0.2, 0.25) is 0 Å². The minimum absolute atomic E-state index is 0.0255. The largest absolute Gasteiger partial charge is 0.391 e. The Morgan fingerprint density at radius 1 is 1.26 bits per heavy atom. The number of nitrogens with zero attached hydrogens (tertiary/aromatic N) is 1. The lowest BCUT2D eigenvalue weighted by Gasteiger charge is -2.28. The number of nitrogens with one attached hydrogen (secondary N) is 2. The van der Waals surface area contributed by atoms with E-state index in [1.54, 1.807) is 19.1 Å². The fourth-order valence-electron chi connectivity index (χ4n) is 4.98. The molecule has 6 atom stereocenters. The van der Waals surface area contributed by atoms with Crippen LogP contribution in [0, 0.1) is 11.8 Å². The third-order valence-electron chi connectivity index (χ3n) is 7.60. The molecule has 0 aromatic carbocycles. The van der Waals surface area contributed by atoms with Crippen LogP contribution in [-0.4, -0.2) is 77.8 Å². The molecule has 3 amide bonds. The summed E-state index contributed by atoms with van der Waals surface area (Å²) in [5.41, 5.74) is -1.42. The second-order valence-corrected chi connectivity index (χ2v) is 12.9. The molecule has 0 radical (unpaired) electrons. The first-order valence-electron chi connectivity index (χ1n) is 12.0. The number of carbonyl (C=O) groups is 3. The Morgan fingerprint density at radius 3 is 2.65 bits per heavy atom. The Bertz CT molecular complexity index is 993. The number of hydrogen-bond acceptors (Lipinski definition) is 7. The van der Waals surface area contributed by atoms with Gasteiger partial charge in [-0.1, -0.05) is 19.1 Å². The Hall–Kier alpha value is -1.98. The van der Waals surface area contributed by atoms with Gasteiger partial charge in [-0.05, 0) is 45.4 Å². The smallest absolute Gasteiger partial charge is 0.259 e. The lowest BCUT2D eigenvalue weighted by atomic mass is 9.99. The molecule has 10 nitrogen and oxygen atoms in total. The second kappa shape index (κ2) is 8.91. The predicted octanol–water partition coefficient (Wildman–Crippen LogP) is 0.213. The molecular weight excluding hydrogens is 462 g/mol. The van der Waals surface area contributed by atoms with Gasteiger partial charge in [0.25, 0.3) is 5.91 Å². The highest BCUT2D eigenvalue weighted by Gasteiger charge is 2.63. The molecule has 2 saturated carbocycles. The number of ether oxygens (including phenoxy) is 1. The second-order valence-electron chi connectivity index (χ2n) is 10.7. The van der Waals surface area contributed by atoms with Crippen molar-refractivity contribution in [3.8, 4) is 0 Å². The van der Waals surface area contributed by atoms with Gasteiger partial charge in [0.2, 0.25) is 21.8 Å². The van der Waals surface area contributed by atoms with Crippen molar-refractivity contribution >= 4 is 27.7 Å². The topological polar surface area (TPSA) is 142 Å². The molecule has 190 valence electrons. The van der Waals surface area contributed by atoms with Gasteiger partial charge in [-0.25, -0.2) is 8.42 Å². The van der Waals surface area contributed by atoms with Crippen LogP contribution in [0.4, 0.5) is 0 Å². The first kappa shape index (κ1) is 25.1. The van der Waals surface area contributed by atoms with Crippen LogP contribution in [0.25, 0.3) is 0 Å². The number of carbonyl (C=O) groups excluding carboxylic acids is 3. The quantitative estimate of drug-likeness (QED) is 0.473. The van der Waals surface area contributed by atoms with Crippen molar-refractivity contribution in [3.05, 3.63) is 12.2 Å². The van der Waals surface area contributed by atoms with Gasteiger partial charge >= 0.3 is 0 Å². The maximum Gasteiger partial charge on any atom is 0.259 e. The molecule has 2 aliphatic carbocycles. The van der Waals surface area contributed by atoms with Crippen molar-refractivity contribution in [3.63, 3.8) is 0 Å². The normalized spacial score (nSPS) is 38.1. The van der Waals surface area contributed by atoms with Crippen molar-refractivity contribution in [1.82, 2.24) is 14.9 Å². The molecule has 4 rings (SSSR count). The Kier molecular flexibility index (Phi) is 6.58. The van der Waals surface area contributed by atoms with Crippen molar-refractivity contribution in [2.24, 2.45) is 11.8 Å². The van der Waals surface area contributed by atoms with Crippen molar-refractivity contribution in [2.45, 2.75) is 87.8 Å². The van der Waals surface area contributed by atoms with Gasteiger partial charge in [0, 0.05) is 25.3 Å². The van der Waals surface area contributed by atoms with E-state index >= 15 is 0 Å². The van der Waals surface area contributed by atoms with Crippen LogP contribution < -0.4 is 10.0 Å². The van der Waals surface area contributed by atoms with E-state index in [1.807, 2.05) is 13.8 Å². The third-order valence-corrected chi connectivity index (χ3v) is 9.76. The average molecular weight is 498 g/mol. The minimum Gasteiger partial charge on any atom is -0.391 e. The summed E-state index contributed by atoms with van der Waals surface area (Å²) in [5, 5.41) is 13.0. The molecule has 0 bridgehead atoms. The highest BCUT2D eigenvalue weighted by Crippen LogP contribution is 2.47.